The number of nitro benzene ring substituents is 1. The minimum Gasteiger partial charge on any atom is -0.292 e. The number of hydrogen-bond donors (Lipinski definition) is 0. The number of Topliss-reactive ketones (excluding diaryl/α,β-unsaturated/α-hetero) is 1. The first-order chi connectivity index (χ1) is 16.7. The van der Waals surface area contributed by atoms with Gasteiger partial charge in [0.15, 0.2) is 5.78 Å². The third-order valence-electron chi connectivity index (χ3n) is 4.86. The molecule has 3 aromatic carbocycles. The van der Waals surface area contributed by atoms with E-state index in [0.29, 0.717) is 32.8 Å². The second-order valence-corrected chi connectivity index (χ2v) is 10.7. The van der Waals surface area contributed by atoms with Crippen molar-refractivity contribution in [2.45, 2.75) is 9.79 Å². The molecule has 35 heavy (non-hydrogen) atoms. The summed E-state index contributed by atoms with van der Waals surface area (Å²) in [6, 6.07) is 18.1. The first kappa shape index (κ1) is 25.2. The van der Waals surface area contributed by atoms with Crippen molar-refractivity contribution in [3.8, 4) is 0 Å². The van der Waals surface area contributed by atoms with Gasteiger partial charge in [-0.15, -0.1) is 0 Å². The molecule has 0 spiro atoms. The maximum atomic E-state index is 12.8. The zero-order valence-electron chi connectivity index (χ0n) is 17.6. The van der Waals surface area contributed by atoms with Crippen LogP contribution in [0.2, 0.25) is 5.02 Å². The zero-order chi connectivity index (χ0) is 25.1. The lowest BCUT2D eigenvalue weighted by Crippen LogP contribution is -2.33. The number of nitrogens with zero attached hydrogens (tertiary/aromatic N) is 2. The van der Waals surface area contributed by atoms with Crippen molar-refractivity contribution in [2.24, 2.45) is 0 Å². The molecule has 1 saturated heterocycles. The summed E-state index contributed by atoms with van der Waals surface area (Å²) < 4.78 is 0.801. The number of carbonyl (C=O) groups is 3. The second-order valence-electron chi connectivity index (χ2n) is 7.24. The number of imide groups is 1. The molecule has 0 aliphatic carbocycles. The number of ketones is 1. The summed E-state index contributed by atoms with van der Waals surface area (Å²) in [6.45, 7) is -0.388. The van der Waals surface area contributed by atoms with E-state index in [1.807, 2.05) is 0 Å². The van der Waals surface area contributed by atoms with E-state index < -0.39 is 16.1 Å². The lowest BCUT2D eigenvalue weighted by atomic mass is 10.1. The first-order valence-electron chi connectivity index (χ1n) is 9.97. The smallest absolute Gasteiger partial charge is 0.292 e. The standard InChI is InChI=1S/C24H14BrClN2O5S2/c25-16-4-2-15(3-5-16)20(29)13-27-23(30)22(35-24(27)31)12-14-1-10-21(19(11-14)28(32)33)34-18-8-6-17(26)7-9-18/h1-12H,13H2/b22-12-. The van der Waals surface area contributed by atoms with Gasteiger partial charge in [0.05, 0.1) is 21.3 Å². The summed E-state index contributed by atoms with van der Waals surface area (Å²) in [5.41, 5.74) is 0.630. The highest BCUT2D eigenvalue weighted by atomic mass is 79.9. The van der Waals surface area contributed by atoms with E-state index in [9.17, 15) is 24.5 Å². The summed E-state index contributed by atoms with van der Waals surface area (Å²) >= 11 is 11.1. The molecule has 0 radical (unpaired) electrons. The van der Waals surface area contributed by atoms with Crippen LogP contribution >= 0.6 is 51.1 Å². The van der Waals surface area contributed by atoms with Gasteiger partial charge in [0.2, 0.25) is 0 Å². The fourth-order valence-electron chi connectivity index (χ4n) is 3.14. The molecule has 0 atom stereocenters. The van der Waals surface area contributed by atoms with Crippen LogP contribution in [-0.4, -0.2) is 33.3 Å². The van der Waals surface area contributed by atoms with E-state index in [4.69, 9.17) is 11.6 Å². The van der Waals surface area contributed by atoms with Gasteiger partial charge in [0.1, 0.15) is 0 Å². The highest BCUT2D eigenvalue weighted by Crippen LogP contribution is 2.37. The van der Waals surface area contributed by atoms with Gasteiger partial charge in [-0.2, -0.15) is 0 Å². The number of benzene rings is 3. The number of rotatable bonds is 7. The van der Waals surface area contributed by atoms with Crippen molar-refractivity contribution in [1.29, 1.82) is 0 Å². The zero-order valence-corrected chi connectivity index (χ0v) is 21.6. The van der Waals surface area contributed by atoms with Gasteiger partial charge in [-0.3, -0.25) is 29.4 Å². The Balaban J connectivity index is 1.54. The number of nitro groups is 1. The van der Waals surface area contributed by atoms with Crippen LogP contribution in [0, 0.1) is 10.1 Å². The number of amides is 2. The molecule has 7 nitrogen and oxygen atoms in total. The Morgan fingerprint density at radius 3 is 2.43 bits per heavy atom. The van der Waals surface area contributed by atoms with E-state index >= 15 is 0 Å². The lowest BCUT2D eigenvalue weighted by molar-refractivity contribution is -0.387. The molecule has 0 unspecified atom stereocenters. The fraction of sp³-hybridized carbons (Fsp3) is 0.0417. The number of carbonyl (C=O) groups excluding carboxylic acids is 3. The Labute approximate surface area is 221 Å². The summed E-state index contributed by atoms with van der Waals surface area (Å²) in [5.74, 6) is -0.993. The predicted molar refractivity (Wildman–Crippen MR) is 140 cm³/mol. The third kappa shape index (κ3) is 6.02. The Kier molecular flexibility index (Phi) is 7.75. The molecule has 3 aromatic rings. The first-order valence-corrected chi connectivity index (χ1v) is 12.8. The van der Waals surface area contributed by atoms with Crippen LogP contribution < -0.4 is 0 Å². The molecule has 0 N–H and O–H groups in total. The Bertz CT molecular complexity index is 1380. The van der Waals surface area contributed by atoms with Crippen molar-refractivity contribution in [3.63, 3.8) is 0 Å². The monoisotopic (exact) mass is 588 g/mol. The average molecular weight is 590 g/mol. The van der Waals surface area contributed by atoms with E-state index in [2.05, 4.69) is 15.9 Å². The molecule has 0 saturated carbocycles. The summed E-state index contributed by atoms with van der Waals surface area (Å²) in [7, 11) is 0. The molecule has 0 aromatic heterocycles. The van der Waals surface area contributed by atoms with Crippen molar-refractivity contribution in [1.82, 2.24) is 4.90 Å². The van der Waals surface area contributed by atoms with Crippen molar-refractivity contribution in [3.05, 3.63) is 102 Å². The van der Waals surface area contributed by atoms with Gasteiger partial charge < -0.3 is 0 Å². The molecule has 1 fully saturated rings. The molecule has 1 aliphatic rings. The third-order valence-corrected chi connectivity index (χ3v) is 7.62. The maximum absolute atomic E-state index is 12.8. The van der Waals surface area contributed by atoms with E-state index in [1.54, 1.807) is 60.7 Å². The number of thioether (sulfide) groups is 1. The number of halogens is 2. The molecular formula is C24H14BrClN2O5S2. The summed E-state index contributed by atoms with van der Waals surface area (Å²) in [6.07, 6.45) is 1.42. The van der Waals surface area contributed by atoms with Gasteiger partial charge in [-0.25, -0.2) is 0 Å². The van der Waals surface area contributed by atoms with Crippen molar-refractivity contribution < 1.29 is 19.3 Å². The molecule has 4 rings (SSSR count). The quantitative estimate of drug-likeness (QED) is 0.126. The van der Waals surface area contributed by atoms with E-state index in [-0.39, 0.29) is 22.9 Å². The highest BCUT2D eigenvalue weighted by Gasteiger charge is 2.36. The fourth-order valence-corrected chi connectivity index (χ4v) is 5.27. The topological polar surface area (TPSA) is 97.6 Å². The molecular weight excluding hydrogens is 576 g/mol. The van der Waals surface area contributed by atoms with Crippen LogP contribution in [0.4, 0.5) is 10.5 Å². The van der Waals surface area contributed by atoms with E-state index in [1.165, 1.54) is 23.9 Å². The van der Waals surface area contributed by atoms with Crippen molar-refractivity contribution in [2.75, 3.05) is 6.54 Å². The molecule has 1 aliphatic heterocycles. The minimum atomic E-state index is -0.618. The average Bonchev–Trinajstić information content (AvgIpc) is 3.09. The maximum Gasteiger partial charge on any atom is 0.293 e. The molecule has 2 amide bonds. The molecule has 0 bridgehead atoms. The van der Waals surface area contributed by atoms with Crippen LogP contribution in [0.15, 0.2) is 85.9 Å². The molecule has 1 heterocycles. The lowest BCUT2D eigenvalue weighted by Gasteiger charge is -2.11. The van der Waals surface area contributed by atoms with Crippen LogP contribution in [0.5, 0.6) is 0 Å². The van der Waals surface area contributed by atoms with Gasteiger partial charge in [0, 0.05) is 26.0 Å². The normalized spacial score (nSPS) is 14.6. The van der Waals surface area contributed by atoms with Crippen LogP contribution in [0.1, 0.15) is 15.9 Å². The Morgan fingerprint density at radius 1 is 1.09 bits per heavy atom. The van der Waals surface area contributed by atoms with Gasteiger partial charge >= 0.3 is 0 Å². The van der Waals surface area contributed by atoms with Crippen molar-refractivity contribution >= 4 is 79.7 Å². The second kappa shape index (κ2) is 10.8. The predicted octanol–water partition coefficient (Wildman–Crippen LogP) is 7.08. The van der Waals surface area contributed by atoms with Gasteiger partial charge in [-0.05, 0) is 65.9 Å². The van der Waals surface area contributed by atoms with Gasteiger partial charge in [-0.1, -0.05) is 57.5 Å². The van der Waals surface area contributed by atoms with Crippen LogP contribution in [-0.2, 0) is 4.79 Å². The molecule has 11 heteroatoms. The van der Waals surface area contributed by atoms with Gasteiger partial charge in [0.25, 0.3) is 16.8 Å². The summed E-state index contributed by atoms with van der Waals surface area (Å²) in [5, 5.41) is 11.7. The summed E-state index contributed by atoms with van der Waals surface area (Å²) in [4.78, 5) is 51.1. The van der Waals surface area contributed by atoms with Crippen LogP contribution in [0.3, 0.4) is 0 Å². The highest BCUT2D eigenvalue weighted by molar-refractivity contribution is 9.10. The minimum absolute atomic E-state index is 0.0889. The largest absolute Gasteiger partial charge is 0.293 e. The Hall–Kier alpha value is -2.92. The SMILES string of the molecule is O=C(CN1C(=O)S/C(=C\c2ccc(Sc3ccc(Cl)cc3)c([N+](=O)[O-])c2)C1=O)c1ccc(Br)cc1. The number of hydrogen-bond acceptors (Lipinski definition) is 7. The molecule has 176 valence electrons. The Morgan fingerprint density at radius 2 is 1.77 bits per heavy atom. The van der Waals surface area contributed by atoms with Crippen LogP contribution in [0.25, 0.3) is 6.08 Å². The van der Waals surface area contributed by atoms with E-state index in [0.717, 1.165) is 14.3 Å².